The van der Waals surface area contributed by atoms with E-state index in [-0.39, 0.29) is 23.1 Å². The van der Waals surface area contributed by atoms with Crippen molar-refractivity contribution in [2.75, 3.05) is 5.32 Å². The van der Waals surface area contributed by atoms with Gasteiger partial charge in [-0.3, -0.25) is 10.2 Å². The number of nitrogen functional groups attached to an aromatic ring is 1. The van der Waals surface area contributed by atoms with Gasteiger partial charge in [0.15, 0.2) is 0 Å². The number of phenolic OH excluding ortho intramolecular Hbond substituents is 1. The van der Waals surface area contributed by atoms with Crippen molar-refractivity contribution in [1.29, 1.82) is 5.41 Å². The van der Waals surface area contributed by atoms with Gasteiger partial charge in [0.2, 0.25) is 0 Å². The molecule has 6 heteroatoms. The van der Waals surface area contributed by atoms with Crippen LogP contribution in [-0.2, 0) is 0 Å². The summed E-state index contributed by atoms with van der Waals surface area (Å²) in [5.74, 6) is -0.456. The Kier molecular flexibility index (Phi) is 3.52. The lowest BCUT2D eigenvalue weighted by molar-refractivity contribution is 0.102. The fraction of sp³-hybridized carbons (Fsp3) is 0. The maximum atomic E-state index is 12.3. The van der Waals surface area contributed by atoms with Crippen molar-refractivity contribution in [3.05, 3.63) is 59.0 Å². The maximum absolute atomic E-state index is 12.3. The number of carbonyl (C=O) groups excluding carboxylic acids is 1. The van der Waals surface area contributed by atoms with E-state index >= 15 is 0 Å². The first-order valence-corrected chi connectivity index (χ1v) is 7.34. The van der Waals surface area contributed by atoms with Crippen molar-refractivity contribution in [2.24, 2.45) is 5.73 Å². The van der Waals surface area contributed by atoms with E-state index < -0.39 is 0 Å². The average molecular weight is 311 g/mol. The highest BCUT2D eigenvalue weighted by Crippen LogP contribution is 2.31. The fourth-order valence-electron chi connectivity index (χ4n) is 2.16. The van der Waals surface area contributed by atoms with Crippen molar-refractivity contribution in [1.82, 2.24) is 0 Å². The molecule has 1 aromatic heterocycles. The quantitative estimate of drug-likeness (QED) is 0.441. The third kappa shape index (κ3) is 2.51. The molecule has 0 fully saturated rings. The zero-order valence-corrected chi connectivity index (χ0v) is 12.3. The molecule has 0 bridgehead atoms. The number of thiophene rings is 1. The molecule has 110 valence electrons. The summed E-state index contributed by atoms with van der Waals surface area (Å²) in [5.41, 5.74) is 6.34. The molecule has 3 aromatic rings. The number of anilines is 1. The maximum Gasteiger partial charge on any atom is 0.259 e. The van der Waals surface area contributed by atoms with Gasteiger partial charge in [0.25, 0.3) is 5.91 Å². The zero-order chi connectivity index (χ0) is 15.7. The molecule has 0 aliphatic rings. The second kappa shape index (κ2) is 5.50. The molecule has 0 unspecified atom stereocenters. The van der Waals surface area contributed by atoms with Gasteiger partial charge in [0.05, 0.1) is 10.4 Å². The average Bonchev–Trinajstić information content (AvgIpc) is 2.93. The van der Waals surface area contributed by atoms with Gasteiger partial charge < -0.3 is 16.2 Å². The number of carbonyl (C=O) groups is 1. The highest BCUT2D eigenvalue weighted by Gasteiger charge is 2.13. The smallest absolute Gasteiger partial charge is 0.259 e. The van der Waals surface area contributed by atoms with Crippen LogP contribution in [0.3, 0.4) is 0 Å². The number of benzene rings is 2. The summed E-state index contributed by atoms with van der Waals surface area (Å²) in [6.45, 7) is 0. The van der Waals surface area contributed by atoms with E-state index in [1.807, 2.05) is 12.1 Å². The van der Waals surface area contributed by atoms with Crippen molar-refractivity contribution < 1.29 is 9.90 Å². The monoisotopic (exact) mass is 311 g/mol. The van der Waals surface area contributed by atoms with E-state index in [1.165, 1.54) is 17.4 Å². The molecular formula is C16H13N3O2S. The SMILES string of the molecule is N=C(N)c1cc2c(NC(=O)c3ccccc3O)cccc2s1. The number of fused-ring (bicyclic) bond motifs is 1. The molecule has 1 amide bonds. The molecule has 3 rings (SSSR count). The molecule has 5 N–H and O–H groups in total. The van der Waals surface area contributed by atoms with Crippen molar-refractivity contribution >= 4 is 38.9 Å². The Hall–Kier alpha value is -2.86. The minimum absolute atomic E-state index is 0.000759. The van der Waals surface area contributed by atoms with Gasteiger partial charge in [-0.05, 0) is 30.3 Å². The molecule has 0 saturated heterocycles. The van der Waals surface area contributed by atoms with E-state index in [4.69, 9.17) is 11.1 Å². The molecule has 0 radical (unpaired) electrons. The number of nitrogens with two attached hydrogens (primary N) is 1. The summed E-state index contributed by atoms with van der Waals surface area (Å²) in [6, 6.07) is 13.6. The van der Waals surface area contributed by atoms with Gasteiger partial charge in [-0.25, -0.2) is 0 Å². The van der Waals surface area contributed by atoms with Crippen molar-refractivity contribution in [3.63, 3.8) is 0 Å². The summed E-state index contributed by atoms with van der Waals surface area (Å²) in [5, 5.41) is 20.9. The van der Waals surface area contributed by atoms with Crippen molar-refractivity contribution in [3.8, 4) is 5.75 Å². The fourth-order valence-corrected chi connectivity index (χ4v) is 3.11. The van der Waals surface area contributed by atoms with E-state index in [0.717, 1.165) is 10.1 Å². The highest BCUT2D eigenvalue weighted by molar-refractivity contribution is 7.20. The third-order valence-corrected chi connectivity index (χ3v) is 4.36. The van der Waals surface area contributed by atoms with Crippen LogP contribution in [0.25, 0.3) is 10.1 Å². The van der Waals surface area contributed by atoms with Crippen LogP contribution >= 0.6 is 11.3 Å². The number of hydrogen-bond donors (Lipinski definition) is 4. The molecule has 0 aliphatic heterocycles. The van der Waals surface area contributed by atoms with Crippen LogP contribution in [0.1, 0.15) is 15.2 Å². The third-order valence-electron chi connectivity index (χ3n) is 3.22. The van der Waals surface area contributed by atoms with Crippen LogP contribution in [0.2, 0.25) is 0 Å². The number of para-hydroxylation sites is 1. The summed E-state index contributed by atoms with van der Waals surface area (Å²) >= 11 is 1.40. The van der Waals surface area contributed by atoms with Crippen LogP contribution in [-0.4, -0.2) is 16.8 Å². The Labute approximate surface area is 130 Å². The molecule has 0 aliphatic carbocycles. The first kappa shape index (κ1) is 14.1. The minimum atomic E-state index is -0.388. The topological polar surface area (TPSA) is 99.2 Å². The van der Waals surface area contributed by atoms with Gasteiger partial charge in [0, 0.05) is 15.8 Å². The highest BCUT2D eigenvalue weighted by atomic mass is 32.1. The molecule has 0 saturated carbocycles. The number of rotatable bonds is 3. The Morgan fingerprint density at radius 3 is 2.68 bits per heavy atom. The van der Waals surface area contributed by atoms with E-state index in [9.17, 15) is 9.90 Å². The molecule has 2 aromatic carbocycles. The predicted octanol–water partition coefficient (Wildman–Crippen LogP) is 3.14. The van der Waals surface area contributed by atoms with Gasteiger partial charge in [-0.2, -0.15) is 0 Å². The van der Waals surface area contributed by atoms with E-state index in [0.29, 0.717) is 10.6 Å². The second-order valence-electron chi connectivity index (χ2n) is 4.71. The Morgan fingerprint density at radius 2 is 1.95 bits per heavy atom. The Balaban J connectivity index is 1.99. The van der Waals surface area contributed by atoms with Gasteiger partial charge in [0.1, 0.15) is 11.6 Å². The molecule has 0 spiro atoms. The first-order chi connectivity index (χ1) is 10.6. The van der Waals surface area contributed by atoms with Crippen LogP contribution in [0.5, 0.6) is 5.75 Å². The molecule has 22 heavy (non-hydrogen) atoms. The lowest BCUT2D eigenvalue weighted by atomic mass is 10.1. The number of amides is 1. The largest absolute Gasteiger partial charge is 0.507 e. The number of nitrogens with one attached hydrogen (secondary N) is 2. The Morgan fingerprint density at radius 1 is 1.18 bits per heavy atom. The summed E-state index contributed by atoms with van der Waals surface area (Å²) in [4.78, 5) is 12.9. The lowest BCUT2D eigenvalue weighted by Crippen LogP contribution is -2.12. The summed E-state index contributed by atoms with van der Waals surface area (Å²) < 4.78 is 0.931. The zero-order valence-electron chi connectivity index (χ0n) is 11.5. The normalized spacial score (nSPS) is 10.5. The molecule has 5 nitrogen and oxygen atoms in total. The Bertz CT molecular complexity index is 886. The van der Waals surface area contributed by atoms with E-state index in [2.05, 4.69) is 5.32 Å². The summed E-state index contributed by atoms with van der Waals surface area (Å²) in [6.07, 6.45) is 0. The molecule has 1 heterocycles. The van der Waals surface area contributed by atoms with Crippen LogP contribution in [0, 0.1) is 5.41 Å². The number of amidine groups is 1. The van der Waals surface area contributed by atoms with Crippen molar-refractivity contribution in [2.45, 2.75) is 0 Å². The minimum Gasteiger partial charge on any atom is -0.507 e. The lowest BCUT2D eigenvalue weighted by Gasteiger charge is -2.07. The predicted molar refractivity (Wildman–Crippen MR) is 88.9 cm³/mol. The molecule has 0 atom stereocenters. The number of phenols is 1. The standard InChI is InChI=1S/C16H13N3O2S/c17-15(18)14-8-10-11(5-3-7-13(10)22-14)19-16(21)9-4-1-2-6-12(9)20/h1-8,20H,(H3,17,18)(H,19,21). The van der Waals surface area contributed by atoms with Crippen LogP contribution in [0.15, 0.2) is 48.5 Å². The van der Waals surface area contributed by atoms with E-state index in [1.54, 1.807) is 30.3 Å². The second-order valence-corrected chi connectivity index (χ2v) is 5.80. The number of aromatic hydroxyl groups is 1. The first-order valence-electron chi connectivity index (χ1n) is 6.52. The molecular weight excluding hydrogens is 298 g/mol. The number of hydrogen-bond acceptors (Lipinski definition) is 4. The van der Waals surface area contributed by atoms with Crippen LogP contribution in [0.4, 0.5) is 5.69 Å². The van der Waals surface area contributed by atoms with Gasteiger partial charge in [-0.1, -0.05) is 18.2 Å². The summed E-state index contributed by atoms with van der Waals surface area (Å²) in [7, 11) is 0. The van der Waals surface area contributed by atoms with Gasteiger partial charge >= 0.3 is 0 Å². The van der Waals surface area contributed by atoms with Crippen LogP contribution < -0.4 is 11.1 Å². The van der Waals surface area contributed by atoms with Gasteiger partial charge in [-0.15, -0.1) is 11.3 Å².